The Hall–Kier alpha value is -2.17. The summed E-state index contributed by atoms with van der Waals surface area (Å²) in [6, 6.07) is 4.31. The van der Waals surface area contributed by atoms with Gasteiger partial charge in [0.05, 0.1) is 11.3 Å². The molecule has 0 fully saturated rings. The third kappa shape index (κ3) is 2.50. The first-order chi connectivity index (χ1) is 8.90. The summed E-state index contributed by atoms with van der Waals surface area (Å²) in [5.74, 6) is -0.641. The van der Waals surface area contributed by atoms with Crippen LogP contribution in [0, 0.1) is 26.6 Å². The van der Waals surface area contributed by atoms with Crippen LogP contribution in [0.1, 0.15) is 27.3 Å². The maximum absolute atomic E-state index is 13.2. The van der Waals surface area contributed by atoms with Gasteiger partial charge in [0, 0.05) is 18.4 Å². The van der Waals surface area contributed by atoms with Gasteiger partial charge in [-0.15, -0.1) is 0 Å². The molecule has 0 atom stereocenters. The molecule has 0 aliphatic heterocycles. The number of halogens is 1. The number of nitrogens with one attached hydrogen (secondary N) is 1. The van der Waals surface area contributed by atoms with E-state index >= 15 is 0 Å². The molecule has 1 aromatic carbocycles. The zero-order valence-electron chi connectivity index (χ0n) is 11.4. The molecular formula is C14H16FN3O. The molecule has 0 aliphatic rings. The summed E-state index contributed by atoms with van der Waals surface area (Å²) in [5.41, 5.74) is 3.27. The molecule has 0 saturated carbocycles. The van der Waals surface area contributed by atoms with Gasteiger partial charge < -0.3 is 5.32 Å². The maximum atomic E-state index is 13.2. The van der Waals surface area contributed by atoms with Crippen LogP contribution in [0.4, 0.5) is 10.1 Å². The van der Waals surface area contributed by atoms with E-state index in [-0.39, 0.29) is 11.7 Å². The zero-order chi connectivity index (χ0) is 14.2. The number of rotatable bonds is 2. The van der Waals surface area contributed by atoms with Crippen molar-refractivity contribution >= 4 is 11.6 Å². The van der Waals surface area contributed by atoms with Crippen LogP contribution in [-0.4, -0.2) is 15.7 Å². The lowest BCUT2D eigenvalue weighted by Gasteiger charge is -2.08. The fourth-order valence-electron chi connectivity index (χ4n) is 2.02. The Morgan fingerprint density at radius 3 is 2.58 bits per heavy atom. The molecule has 19 heavy (non-hydrogen) atoms. The van der Waals surface area contributed by atoms with Gasteiger partial charge in [-0.1, -0.05) is 6.07 Å². The Balaban J connectivity index is 2.33. The summed E-state index contributed by atoms with van der Waals surface area (Å²) < 4.78 is 14.9. The van der Waals surface area contributed by atoms with Crippen molar-refractivity contribution in [1.29, 1.82) is 0 Å². The number of aryl methyl sites for hydroxylation is 3. The highest BCUT2D eigenvalue weighted by Crippen LogP contribution is 2.19. The van der Waals surface area contributed by atoms with Gasteiger partial charge in [0.25, 0.3) is 5.91 Å². The molecule has 0 aliphatic carbocycles. The third-order valence-electron chi connectivity index (χ3n) is 3.18. The Morgan fingerprint density at radius 2 is 2.00 bits per heavy atom. The largest absolute Gasteiger partial charge is 0.322 e. The number of benzene rings is 1. The standard InChI is InChI=1S/C14H16FN3O/c1-8-5-6-11(15)7-12(8)16-14(19)13-9(2)17-18(4)10(13)3/h5-7H,1-4H3,(H,16,19). The Bertz CT molecular complexity index is 646. The van der Waals surface area contributed by atoms with Crippen LogP contribution in [0.2, 0.25) is 0 Å². The number of hydrogen-bond acceptors (Lipinski definition) is 2. The monoisotopic (exact) mass is 261 g/mol. The average molecular weight is 261 g/mol. The van der Waals surface area contributed by atoms with E-state index in [2.05, 4.69) is 10.4 Å². The van der Waals surface area contributed by atoms with Crippen molar-refractivity contribution in [2.45, 2.75) is 20.8 Å². The van der Waals surface area contributed by atoms with E-state index in [0.29, 0.717) is 16.9 Å². The average Bonchev–Trinajstić information content (AvgIpc) is 2.58. The predicted octanol–water partition coefficient (Wildman–Crippen LogP) is 2.74. The number of carbonyl (C=O) groups is 1. The molecule has 1 aromatic heterocycles. The van der Waals surface area contributed by atoms with Crippen molar-refractivity contribution in [3.05, 3.63) is 46.5 Å². The molecule has 4 nitrogen and oxygen atoms in total. The Labute approximate surface area is 111 Å². The lowest BCUT2D eigenvalue weighted by Crippen LogP contribution is -2.15. The van der Waals surface area contributed by atoms with Crippen molar-refractivity contribution in [1.82, 2.24) is 9.78 Å². The number of anilines is 1. The zero-order valence-corrected chi connectivity index (χ0v) is 11.4. The summed E-state index contributed by atoms with van der Waals surface area (Å²) in [7, 11) is 1.78. The van der Waals surface area contributed by atoms with E-state index in [1.165, 1.54) is 12.1 Å². The van der Waals surface area contributed by atoms with Crippen LogP contribution < -0.4 is 5.32 Å². The van der Waals surface area contributed by atoms with Gasteiger partial charge in [-0.05, 0) is 38.5 Å². The first kappa shape index (κ1) is 13.3. The van der Waals surface area contributed by atoms with E-state index in [1.54, 1.807) is 24.7 Å². The highest BCUT2D eigenvalue weighted by molar-refractivity contribution is 6.06. The smallest absolute Gasteiger partial charge is 0.259 e. The molecule has 1 heterocycles. The minimum atomic E-state index is -0.375. The summed E-state index contributed by atoms with van der Waals surface area (Å²) >= 11 is 0. The van der Waals surface area contributed by atoms with E-state index < -0.39 is 0 Å². The van der Waals surface area contributed by atoms with Crippen LogP contribution in [0.5, 0.6) is 0 Å². The molecule has 0 spiro atoms. The fraction of sp³-hybridized carbons (Fsp3) is 0.286. The van der Waals surface area contributed by atoms with Gasteiger partial charge in [-0.3, -0.25) is 9.48 Å². The SMILES string of the molecule is Cc1ccc(F)cc1NC(=O)c1c(C)nn(C)c1C. The Morgan fingerprint density at radius 1 is 1.32 bits per heavy atom. The molecule has 0 unspecified atom stereocenters. The van der Waals surface area contributed by atoms with Gasteiger partial charge in [0.15, 0.2) is 0 Å². The van der Waals surface area contributed by atoms with Gasteiger partial charge in [0.1, 0.15) is 5.82 Å². The highest BCUT2D eigenvalue weighted by Gasteiger charge is 2.18. The van der Waals surface area contributed by atoms with Crippen LogP contribution >= 0.6 is 0 Å². The van der Waals surface area contributed by atoms with Crippen molar-refractivity contribution in [3.63, 3.8) is 0 Å². The minimum Gasteiger partial charge on any atom is -0.322 e. The second kappa shape index (κ2) is 4.84. The quantitative estimate of drug-likeness (QED) is 0.903. The maximum Gasteiger partial charge on any atom is 0.259 e. The molecule has 1 N–H and O–H groups in total. The van der Waals surface area contributed by atoms with Crippen molar-refractivity contribution in [2.24, 2.45) is 7.05 Å². The summed E-state index contributed by atoms with van der Waals surface area (Å²) in [6.45, 7) is 5.42. The van der Waals surface area contributed by atoms with Gasteiger partial charge in [-0.2, -0.15) is 5.10 Å². The summed E-state index contributed by atoms with van der Waals surface area (Å²) in [4.78, 5) is 12.2. The molecule has 2 rings (SSSR count). The predicted molar refractivity (Wildman–Crippen MR) is 71.8 cm³/mol. The number of hydrogen-bond donors (Lipinski definition) is 1. The van der Waals surface area contributed by atoms with Crippen LogP contribution in [0.3, 0.4) is 0 Å². The van der Waals surface area contributed by atoms with Crippen molar-refractivity contribution in [2.75, 3.05) is 5.32 Å². The van der Waals surface area contributed by atoms with Gasteiger partial charge in [0.2, 0.25) is 0 Å². The molecule has 0 saturated heterocycles. The van der Waals surface area contributed by atoms with E-state index in [0.717, 1.165) is 11.3 Å². The molecular weight excluding hydrogens is 245 g/mol. The first-order valence-electron chi connectivity index (χ1n) is 5.98. The fourth-order valence-corrected chi connectivity index (χ4v) is 2.02. The molecule has 0 bridgehead atoms. The van der Waals surface area contributed by atoms with Crippen LogP contribution in [0.15, 0.2) is 18.2 Å². The third-order valence-corrected chi connectivity index (χ3v) is 3.18. The molecule has 100 valence electrons. The number of nitrogens with zero attached hydrogens (tertiary/aromatic N) is 2. The number of aromatic nitrogens is 2. The van der Waals surface area contributed by atoms with Gasteiger partial charge >= 0.3 is 0 Å². The molecule has 2 aromatic rings. The lowest BCUT2D eigenvalue weighted by molar-refractivity contribution is 0.102. The van der Waals surface area contributed by atoms with E-state index in [1.807, 2.05) is 13.8 Å². The normalized spacial score (nSPS) is 10.6. The minimum absolute atomic E-state index is 0.267. The number of amides is 1. The Kier molecular flexibility index (Phi) is 3.38. The second-order valence-corrected chi connectivity index (χ2v) is 4.58. The summed E-state index contributed by atoms with van der Waals surface area (Å²) in [5, 5.41) is 6.93. The number of carbonyl (C=O) groups excluding carboxylic acids is 1. The van der Waals surface area contributed by atoms with E-state index in [4.69, 9.17) is 0 Å². The topological polar surface area (TPSA) is 46.9 Å². The van der Waals surface area contributed by atoms with Crippen molar-refractivity contribution < 1.29 is 9.18 Å². The lowest BCUT2D eigenvalue weighted by atomic mass is 10.1. The highest BCUT2D eigenvalue weighted by atomic mass is 19.1. The van der Waals surface area contributed by atoms with Gasteiger partial charge in [-0.25, -0.2) is 4.39 Å². The summed E-state index contributed by atoms with van der Waals surface area (Å²) in [6.07, 6.45) is 0. The molecule has 0 radical (unpaired) electrons. The van der Waals surface area contributed by atoms with Crippen molar-refractivity contribution in [3.8, 4) is 0 Å². The molecule has 1 amide bonds. The van der Waals surface area contributed by atoms with Crippen LogP contribution in [-0.2, 0) is 7.05 Å². The van der Waals surface area contributed by atoms with Crippen LogP contribution in [0.25, 0.3) is 0 Å². The molecule has 5 heteroatoms. The first-order valence-corrected chi connectivity index (χ1v) is 5.98. The van der Waals surface area contributed by atoms with E-state index in [9.17, 15) is 9.18 Å². The second-order valence-electron chi connectivity index (χ2n) is 4.58.